The molecule has 1 aliphatic carbocycles. The third-order valence-corrected chi connectivity index (χ3v) is 6.37. The first-order valence-electron chi connectivity index (χ1n) is 10.4. The molecule has 1 heterocycles. The van der Waals surface area contributed by atoms with Crippen molar-refractivity contribution < 1.29 is 37.0 Å². The van der Waals surface area contributed by atoms with Crippen LogP contribution in [-0.4, -0.2) is 23.6 Å². The SMILES string of the molecule is COc1cc2c(C(C(=O)[O-])C3CCC3)c(C)n(C(=O)c3ccc(C(F)(F)F)cc3)c2cc1F. The van der Waals surface area contributed by atoms with Crippen molar-refractivity contribution in [1.29, 1.82) is 0 Å². The zero-order chi connectivity index (χ0) is 24.1. The molecule has 0 spiro atoms. The van der Waals surface area contributed by atoms with Crippen molar-refractivity contribution in [2.75, 3.05) is 7.11 Å². The normalized spacial score (nSPS) is 15.3. The third-order valence-electron chi connectivity index (χ3n) is 6.37. The molecule has 1 unspecified atom stereocenters. The van der Waals surface area contributed by atoms with Gasteiger partial charge in [0.25, 0.3) is 5.91 Å². The number of nitrogens with zero attached hydrogens (tertiary/aromatic N) is 1. The minimum Gasteiger partial charge on any atom is -0.549 e. The molecule has 33 heavy (non-hydrogen) atoms. The fourth-order valence-electron chi connectivity index (χ4n) is 4.50. The van der Waals surface area contributed by atoms with Crippen LogP contribution in [0.5, 0.6) is 5.75 Å². The van der Waals surface area contributed by atoms with E-state index in [9.17, 15) is 32.3 Å². The lowest BCUT2D eigenvalue weighted by Crippen LogP contribution is -2.37. The molecule has 0 amide bonds. The molecule has 0 radical (unpaired) electrons. The number of ether oxygens (including phenoxy) is 1. The monoisotopic (exact) mass is 462 g/mol. The fraction of sp³-hybridized carbons (Fsp3) is 0.333. The number of carboxylic acid groups (broad SMARTS) is 1. The molecule has 5 nitrogen and oxygen atoms in total. The summed E-state index contributed by atoms with van der Waals surface area (Å²) in [5.74, 6) is -4.08. The van der Waals surface area contributed by atoms with Crippen LogP contribution in [0, 0.1) is 18.7 Å². The summed E-state index contributed by atoms with van der Waals surface area (Å²) in [4.78, 5) is 25.4. The molecule has 4 rings (SSSR count). The van der Waals surface area contributed by atoms with E-state index >= 15 is 0 Å². The quantitative estimate of drug-likeness (QED) is 0.526. The van der Waals surface area contributed by atoms with Crippen LogP contribution in [0.2, 0.25) is 0 Å². The molecule has 1 saturated carbocycles. The second-order valence-electron chi connectivity index (χ2n) is 8.21. The molecule has 1 aliphatic rings. The number of alkyl halides is 3. The van der Waals surface area contributed by atoms with Crippen molar-refractivity contribution in [1.82, 2.24) is 4.57 Å². The van der Waals surface area contributed by atoms with Gasteiger partial charge in [-0.1, -0.05) is 6.42 Å². The summed E-state index contributed by atoms with van der Waals surface area (Å²) in [6.07, 6.45) is -2.34. The number of methoxy groups -OCH3 is 1. The Morgan fingerprint density at radius 3 is 2.27 bits per heavy atom. The molecular weight excluding hydrogens is 442 g/mol. The Morgan fingerprint density at radius 2 is 1.79 bits per heavy atom. The van der Waals surface area contributed by atoms with Crippen molar-refractivity contribution in [3.05, 3.63) is 64.6 Å². The summed E-state index contributed by atoms with van der Waals surface area (Å²) < 4.78 is 59.5. The van der Waals surface area contributed by atoms with Gasteiger partial charge < -0.3 is 14.6 Å². The number of halogens is 4. The summed E-state index contributed by atoms with van der Waals surface area (Å²) in [6.45, 7) is 1.54. The van der Waals surface area contributed by atoms with Crippen LogP contribution in [0.3, 0.4) is 0 Å². The van der Waals surface area contributed by atoms with Gasteiger partial charge in [-0.2, -0.15) is 13.2 Å². The molecule has 1 atom stereocenters. The van der Waals surface area contributed by atoms with Crippen molar-refractivity contribution in [3.8, 4) is 5.75 Å². The average molecular weight is 462 g/mol. The Hall–Kier alpha value is -3.36. The van der Waals surface area contributed by atoms with Gasteiger partial charge in [-0.25, -0.2) is 4.39 Å². The van der Waals surface area contributed by atoms with Gasteiger partial charge in [0.2, 0.25) is 0 Å². The molecular formula is C24H20F4NO4-. The van der Waals surface area contributed by atoms with Crippen LogP contribution in [0.1, 0.15) is 52.4 Å². The maximum Gasteiger partial charge on any atom is 0.416 e. The van der Waals surface area contributed by atoms with Crippen LogP contribution in [0.4, 0.5) is 17.6 Å². The number of rotatable bonds is 5. The molecule has 0 N–H and O–H groups in total. The van der Waals surface area contributed by atoms with Crippen LogP contribution in [0.15, 0.2) is 36.4 Å². The Balaban J connectivity index is 1.93. The highest BCUT2D eigenvalue weighted by molar-refractivity contribution is 6.05. The van der Waals surface area contributed by atoms with Crippen molar-refractivity contribution in [2.24, 2.45) is 5.92 Å². The highest BCUT2D eigenvalue weighted by atomic mass is 19.4. The largest absolute Gasteiger partial charge is 0.549 e. The van der Waals surface area contributed by atoms with Crippen LogP contribution in [-0.2, 0) is 11.0 Å². The predicted octanol–water partition coefficient (Wildman–Crippen LogP) is 4.44. The number of aliphatic carboxylic acids is 1. The molecule has 0 aliphatic heterocycles. The van der Waals surface area contributed by atoms with Gasteiger partial charge in [0.1, 0.15) is 0 Å². The lowest BCUT2D eigenvalue weighted by atomic mass is 9.72. The van der Waals surface area contributed by atoms with Crippen LogP contribution in [0.25, 0.3) is 10.9 Å². The van der Waals surface area contributed by atoms with E-state index in [1.54, 1.807) is 0 Å². The smallest absolute Gasteiger partial charge is 0.416 e. The number of hydrogen-bond acceptors (Lipinski definition) is 4. The number of hydrogen-bond donors (Lipinski definition) is 0. The maximum absolute atomic E-state index is 14.6. The van der Waals surface area contributed by atoms with Gasteiger partial charge >= 0.3 is 6.18 Å². The molecule has 3 aromatic rings. The predicted molar refractivity (Wildman–Crippen MR) is 109 cm³/mol. The molecule has 1 aromatic heterocycles. The minimum atomic E-state index is -4.56. The molecule has 0 bridgehead atoms. The van der Waals surface area contributed by atoms with E-state index in [2.05, 4.69) is 0 Å². The van der Waals surface area contributed by atoms with E-state index in [-0.39, 0.29) is 28.4 Å². The van der Waals surface area contributed by atoms with Gasteiger partial charge in [0.05, 0.1) is 18.2 Å². The summed E-state index contributed by atoms with van der Waals surface area (Å²) in [6, 6.07) is 6.07. The second-order valence-corrected chi connectivity index (χ2v) is 8.21. The van der Waals surface area contributed by atoms with Gasteiger partial charge in [-0.3, -0.25) is 9.36 Å². The minimum absolute atomic E-state index is 0.0561. The second kappa shape index (κ2) is 8.20. The highest BCUT2D eigenvalue weighted by Gasteiger charge is 2.35. The Morgan fingerprint density at radius 1 is 1.15 bits per heavy atom. The first kappa shape index (κ1) is 22.8. The molecule has 174 valence electrons. The van der Waals surface area contributed by atoms with Gasteiger partial charge in [-0.05, 0) is 61.6 Å². The highest BCUT2D eigenvalue weighted by Crippen LogP contribution is 2.44. The maximum atomic E-state index is 14.6. The van der Waals surface area contributed by atoms with E-state index in [1.807, 2.05) is 0 Å². The first-order chi connectivity index (χ1) is 15.5. The first-order valence-corrected chi connectivity index (χ1v) is 10.4. The lowest BCUT2D eigenvalue weighted by molar-refractivity contribution is -0.310. The number of carboxylic acids is 1. The number of fused-ring (bicyclic) bond motifs is 1. The topological polar surface area (TPSA) is 71.4 Å². The van der Waals surface area contributed by atoms with Crippen molar-refractivity contribution in [2.45, 2.75) is 38.3 Å². The zero-order valence-corrected chi connectivity index (χ0v) is 17.8. The van der Waals surface area contributed by atoms with Gasteiger partial charge in [-0.15, -0.1) is 0 Å². The average Bonchev–Trinajstić information content (AvgIpc) is 2.99. The molecule has 1 fully saturated rings. The third kappa shape index (κ3) is 3.85. The molecule has 2 aromatic carbocycles. The fourth-order valence-corrected chi connectivity index (χ4v) is 4.50. The number of carbonyl (C=O) groups is 2. The number of carbonyl (C=O) groups excluding carboxylic acids is 2. The molecule has 9 heteroatoms. The zero-order valence-electron chi connectivity index (χ0n) is 17.8. The van der Waals surface area contributed by atoms with Gasteiger partial charge in [0.15, 0.2) is 11.6 Å². The number of benzene rings is 2. The van der Waals surface area contributed by atoms with E-state index in [0.717, 1.165) is 41.3 Å². The van der Waals surface area contributed by atoms with Crippen LogP contribution >= 0.6 is 0 Å². The van der Waals surface area contributed by atoms with E-state index < -0.39 is 35.4 Å². The Labute approximate surface area is 186 Å². The summed E-state index contributed by atoms with van der Waals surface area (Å²) in [7, 11) is 1.27. The van der Waals surface area contributed by atoms with Crippen molar-refractivity contribution >= 4 is 22.8 Å². The van der Waals surface area contributed by atoms with Crippen LogP contribution < -0.4 is 9.84 Å². The lowest BCUT2D eigenvalue weighted by Gasteiger charge is -2.35. The summed E-state index contributed by atoms with van der Waals surface area (Å²) in [5.41, 5.74) is -0.265. The number of aromatic nitrogens is 1. The van der Waals surface area contributed by atoms with Crippen molar-refractivity contribution in [3.63, 3.8) is 0 Å². The summed E-state index contributed by atoms with van der Waals surface area (Å²) in [5, 5.41) is 12.4. The van der Waals surface area contributed by atoms with E-state index in [0.29, 0.717) is 23.8 Å². The summed E-state index contributed by atoms with van der Waals surface area (Å²) >= 11 is 0. The Kier molecular flexibility index (Phi) is 5.67. The standard InChI is InChI=1S/C24H21F4NO4/c1-12-20(21(23(31)32)13-4-3-5-13)16-10-19(33-2)17(25)11-18(16)29(12)22(30)14-6-8-15(9-7-14)24(26,27)28/h6-11,13,21H,3-5H2,1-2H3,(H,31,32)/p-1. The van der Waals surface area contributed by atoms with E-state index in [4.69, 9.17) is 4.74 Å². The molecule has 0 saturated heterocycles. The van der Waals surface area contributed by atoms with E-state index in [1.165, 1.54) is 20.1 Å². The Bertz CT molecular complexity index is 1240. The van der Waals surface area contributed by atoms with Gasteiger partial charge in [0, 0.05) is 34.6 Å².